The molecule has 2 fully saturated rings. The Labute approximate surface area is 164 Å². The summed E-state index contributed by atoms with van der Waals surface area (Å²) in [6.45, 7) is 2.71. The number of carbonyl (C=O) groups is 1. The lowest BCUT2D eigenvalue weighted by atomic mass is 9.72. The highest BCUT2D eigenvalue weighted by Gasteiger charge is 2.45. The Morgan fingerprint density at radius 2 is 1.96 bits per heavy atom. The van der Waals surface area contributed by atoms with Crippen LogP contribution in [-0.2, 0) is 14.9 Å². The van der Waals surface area contributed by atoms with Gasteiger partial charge in [-0.25, -0.2) is 0 Å². The molecule has 1 atom stereocenters. The summed E-state index contributed by atoms with van der Waals surface area (Å²) in [7, 11) is 0. The molecule has 0 radical (unpaired) electrons. The van der Waals surface area contributed by atoms with Crippen LogP contribution in [-0.4, -0.2) is 47.1 Å². The molecule has 0 aliphatic carbocycles. The van der Waals surface area contributed by atoms with E-state index < -0.39 is 5.41 Å². The van der Waals surface area contributed by atoms with Crippen molar-refractivity contribution in [2.24, 2.45) is 0 Å². The third kappa shape index (κ3) is 3.71. The number of nitrogens with zero attached hydrogens (tertiary/aromatic N) is 3. The van der Waals surface area contributed by atoms with Crippen molar-refractivity contribution in [1.29, 1.82) is 0 Å². The van der Waals surface area contributed by atoms with Crippen LogP contribution in [0.5, 0.6) is 0 Å². The first kappa shape index (κ1) is 18.4. The number of rotatable bonds is 3. The molecule has 0 spiro atoms. The van der Waals surface area contributed by atoms with Crippen molar-refractivity contribution in [1.82, 2.24) is 14.9 Å². The second-order valence-electron chi connectivity index (χ2n) is 7.42. The summed E-state index contributed by atoms with van der Waals surface area (Å²) in [5.41, 5.74) is 1.50. The molecule has 6 heteroatoms. The van der Waals surface area contributed by atoms with Gasteiger partial charge in [0.05, 0.1) is 11.1 Å². The summed E-state index contributed by atoms with van der Waals surface area (Å²) in [4.78, 5) is 24.4. The van der Waals surface area contributed by atoms with Crippen LogP contribution in [0.4, 0.5) is 0 Å². The molecule has 2 aromatic rings. The quantitative estimate of drug-likeness (QED) is 0.810. The van der Waals surface area contributed by atoms with E-state index in [1.54, 1.807) is 12.4 Å². The maximum absolute atomic E-state index is 13.7. The summed E-state index contributed by atoms with van der Waals surface area (Å²) >= 11 is 6.08. The molecule has 142 valence electrons. The lowest BCUT2D eigenvalue weighted by molar-refractivity contribution is -0.142. The van der Waals surface area contributed by atoms with Crippen molar-refractivity contribution in [2.45, 2.75) is 37.0 Å². The second kappa shape index (κ2) is 7.95. The monoisotopic (exact) mass is 385 g/mol. The second-order valence-corrected chi connectivity index (χ2v) is 7.86. The van der Waals surface area contributed by atoms with Gasteiger partial charge in [0.25, 0.3) is 0 Å². The fraction of sp³-hybridized carbons (Fsp3) is 0.476. The summed E-state index contributed by atoms with van der Waals surface area (Å²) in [6.07, 6.45) is 8.68. The minimum Gasteiger partial charge on any atom is -0.381 e. The summed E-state index contributed by atoms with van der Waals surface area (Å²) in [5.74, 6) is 0.459. The Hall–Kier alpha value is -1.98. The van der Waals surface area contributed by atoms with E-state index in [0.29, 0.717) is 37.6 Å². The third-order valence-corrected chi connectivity index (χ3v) is 6.11. The zero-order valence-electron chi connectivity index (χ0n) is 15.3. The topological polar surface area (TPSA) is 55.3 Å². The molecule has 4 rings (SSSR count). The van der Waals surface area contributed by atoms with Crippen molar-refractivity contribution < 1.29 is 9.53 Å². The largest absolute Gasteiger partial charge is 0.381 e. The van der Waals surface area contributed by atoms with Crippen molar-refractivity contribution >= 4 is 17.5 Å². The molecule has 2 saturated heterocycles. The lowest BCUT2D eigenvalue weighted by Gasteiger charge is -2.42. The molecule has 0 saturated carbocycles. The predicted molar refractivity (Wildman–Crippen MR) is 104 cm³/mol. The van der Waals surface area contributed by atoms with E-state index in [1.165, 1.54) is 0 Å². The number of hydrogen-bond acceptors (Lipinski definition) is 4. The number of ether oxygens (including phenoxy) is 1. The Morgan fingerprint density at radius 3 is 2.67 bits per heavy atom. The Morgan fingerprint density at radius 1 is 1.19 bits per heavy atom. The van der Waals surface area contributed by atoms with Gasteiger partial charge >= 0.3 is 0 Å². The molecule has 0 N–H and O–H groups in total. The fourth-order valence-electron chi connectivity index (χ4n) is 4.34. The number of likely N-dealkylation sites (tertiary alicyclic amines) is 1. The Bertz CT molecular complexity index is 776. The SMILES string of the molecule is O=C(N1CCC[C@H](c2cnccn2)C1)C1(c2ccc(Cl)cc2)CCOCC1. The number of halogens is 1. The Kier molecular flexibility index (Phi) is 5.41. The molecule has 2 aliphatic heterocycles. The van der Waals surface area contributed by atoms with Crippen LogP contribution in [0.15, 0.2) is 42.9 Å². The highest BCUT2D eigenvalue weighted by molar-refractivity contribution is 6.30. The first-order valence-electron chi connectivity index (χ1n) is 9.58. The highest BCUT2D eigenvalue weighted by Crippen LogP contribution is 2.39. The fourth-order valence-corrected chi connectivity index (χ4v) is 4.47. The number of hydrogen-bond donors (Lipinski definition) is 0. The molecule has 1 amide bonds. The van der Waals surface area contributed by atoms with Crippen molar-refractivity contribution in [3.63, 3.8) is 0 Å². The molecule has 1 aromatic heterocycles. The van der Waals surface area contributed by atoms with E-state index >= 15 is 0 Å². The Balaban J connectivity index is 1.60. The van der Waals surface area contributed by atoms with Crippen LogP contribution in [0.1, 0.15) is 42.9 Å². The van der Waals surface area contributed by atoms with Crippen molar-refractivity contribution in [2.75, 3.05) is 26.3 Å². The van der Waals surface area contributed by atoms with Gasteiger partial charge in [-0.05, 0) is 43.4 Å². The maximum Gasteiger partial charge on any atom is 0.233 e. The molecular weight excluding hydrogens is 362 g/mol. The van der Waals surface area contributed by atoms with Crippen LogP contribution in [0.3, 0.4) is 0 Å². The molecule has 3 heterocycles. The molecule has 2 aliphatic rings. The zero-order valence-corrected chi connectivity index (χ0v) is 16.1. The average molecular weight is 386 g/mol. The number of aromatic nitrogens is 2. The van der Waals surface area contributed by atoms with E-state index in [-0.39, 0.29) is 11.8 Å². The molecule has 0 bridgehead atoms. The summed E-state index contributed by atoms with van der Waals surface area (Å²) < 4.78 is 5.58. The van der Waals surface area contributed by atoms with E-state index in [2.05, 4.69) is 9.97 Å². The normalized spacial score (nSPS) is 22.4. The van der Waals surface area contributed by atoms with Gasteiger partial charge in [-0.1, -0.05) is 23.7 Å². The van der Waals surface area contributed by atoms with Crippen LogP contribution in [0, 0.1) is 0 Å². The van der Waals surface area contributed by atoms with Gasteiger partial charge in [-0.15, -0.1) is 0 Å². The van der Waals surface area contributed by atoms with Gasteiger partial charge in [0.15, 0.2) is 0 Å². The van der Waals surface area contributed by atoms with E-state index in [0.717, 1.165) is 30.6 Å². The maximum atomic E-state index is 13.7. The highest BCUT2D eigenvalue weighted by atomic mass is 35.5. The molecule has 27 heavy (non-hydrogen) atoms. The van der Waals surface area contributed by atoms with E-state index in [4.69, 9.17) is 16.3 Å². The van der Waals surface area contributed by atoms with Gasteiger partial charge < -0.3 is 9.64 Å². The third-order valence-electron chi connectivity index (χ3n) is 5.86. The number of carbonyl (C=O) groups excluding carboxylic acids is 1. The van der Waals surface area contributed by atoms with Crippen LogP contribution in [0.2, 0.25) is 5.02 Å². The minimum atomic E-state index is -0.521. The van der Waals surface area contributed by atoms with Crippen LogP contribution < -0.4 is 0 Å². The lowest BCUT2D eigenvalue weighted by Crippen LogP contribution is -2.52. The number of amides is 1. The summed E-state index contributed by atoms with van der Waals surface area (Å²) in [5, 5.41) is 0.689. The molecule has 0 unspecified atom stereocenters. The molecular formula is C21H24ClN3O2. The standard InChI is InChI=1S/C21H24ClN3O2/c22-18-5-3-17(4-6-18)21(7-12-27-13-8-21)20(26)25-11-1-2-16(15-25)19-14-23-9-10-24-19/h3-6,9-10,14,16H,1-2,7-8,11-13,15H2/t16-/m0/s1. The van der Waals surface area contributed by atoms with Crippen molar-refractivity contribution in [3.8, 4) is 0 Å². The van der Waals surface area contributed by atoms with Crippen LogP contribution >= 0.6 is 11.6 Å². The van der Waals surface area contributed by atoms with E-state index in [1.807, 2.05) is 35.4 Å². The first-order valence-corrected chi connectivity index (χ1v) is 9.96. The van der Waals surface area contributed by atoms with Gasteiger partial charge in [0.1, 0.15) is 0 Å². The number of piperidine rings is 1. The van der Waals surface area contributed by atoms with Gasteiger partial charge in [0.2, 0.25) is 5.91 Å². The summed E-state index contributed by atoms with van der Waals surface area (Å²) in [6, 6.07) is 7.74. The minimum absolute atomic E-state index is 0.210. The van der Waals surface area contributed by atoms with Crippen molar-refractivity contribution in [3.05, 3.63) is 59.1 Å². The molecule has 1 aromatic carbocycles. The smallest absolute Gasteiger partial charge is 0.233 e. The predicted octanol–water partition coefficient (Wildman–Crippen LogP) is 3.58. The van der Waals surface area contributed by atoms with Crippen LogP contribution in [0.25, 0.3) is 0 Å². The van der Waals surface area contributed by atoms with Gasteiger partial charge in [0, 0.05) is 55.8 Å². The first-order chi connectivity index (χ1) is 13.2. The van der Waals surface area contributed by atoms with Gasteiger partial charge in [-0.2, -0.15) is 0 Å². The zero-order chi connectivity index (χ0) is 18.7. The average Bonchev–Trinajstić information content (AvgIpc) is 2.75. The van der Waals surface area contributed by atoms with E-state index in [9.17, 15) is 4.79 Å². The van der Waals surface area contributed by atoms with Gasteiger partial charge in [-0.3, -0.25) is 14.8 Å². The molecule has 5 nitrogen and oxygen atoms in total. The number of benzene rings is 1.